The minimum atomic E-state index is -0.333. The van der Waals surface area contributed by atoms with Gasteiger partial charge < -0.3 is 20.3 Å². The highest BCUT2D eigenvalue weighted by Gasteiger charge is 2.28. The maximum absolute atomic E-state index is 12.4. The van der Waals surface area contributed by atoms with Gasteiger partial charge in [0.1, 0.15) is 0 Å². The average molecular weight is 382 g/mol. The quantitative estimate of drug-likeness (QED) is 0.828. The van der Waals surface area contributed by atoms with Crippen LogP contribution in [-0.4, -0.2) is 30.1 Å². The van der Waals surface area contributed by atoms with Crippen molar-refractivity contribution in [2.45, 2.75) is 46.2 Å². The van der Waals surface area contributed by atoms with Crippen LogP contribution in [0.2, 0.25) is 0 Å². The Labute approximate surface area is 165 Å². The summed E-state index contributed by atoms with van der Waals surface area (Å²) in [5.74, 6) is 0.630. The van der Waals surface area contributed by atoms with Gasteiger partial charge in [-0.1, -0.05) is 6.07 Å². The van der Waals surface area contributed by atoms with Gasteiger partial charge in [-0.2, -0.15) is 0 Å². The van der Waals surface area contributed by atoms with Crippen molar-refractivity contribution in [2.75, 3.05) is 17.3 Å². The first-order valence-corrected chi connectivity index (χ1v) is 9.37. The molecular weight excluding hydrogens is 356 g/mol. The number of pyridine rings is 1. The van der Waals surface area contributed by atoms with E-state index in [0.717, 1.165) is 28.9 Å². The third-order valence-corrected chi connectivity index (χ3v) is 4.92. The standard InChI is InChI=1S/C21H26N4O3/c1-13-10-14(2)23-20(28-4)18(13)12-22-21(27)24-16-6-5-7-17(11-16)25-15(3)8-9-19(25)26/h5-7,10-11,15H,8-9,12H2,1-4H3,(H2,22,24,27). The Morgan fingerprint density at radius 1 is 1.32 bits per heavy atom. The second kappa shape index (κ2) is 8.29. The third kappa shape index (κ3) is 4.24. The van der Waals surface area contributed by atoms with E-state index < -0.39 is 0 Å². The fraction of sp³-hybridized carbons (Fsp3) is 0.381. The number of nitrogens with zero attached hydrogens (tertiary/aromatic N) is 2. The molecule has 148 valence electrons. The lowest BCUT2D eigenvalue weighted by atomic mass is 10.1. The van der Waals surface area contributed by atoms with E-state index in [2.05, 4.69) is 15.6 Å². The lowest BCUT2D eigenvalue weighted by molar-refractivity contribution is -0.117. The zero-order valence-corrected chi connectivity index (χ0v) is 16.7. The van der Waals surface area contributed by atoms with Gasteiger partial charge in [0.2, 0.25) is 11.8 Å². The molecule has 1 aromatic carbocycles. The van der Waals surface area contributed by atoms with Crippen LogP contribution in [0.3, 0.4) is 0 Å². The predicted octanol–water partition coefficient (Wildman–Crippen LogP) is 3.54. The summed E-state index contributed by atoms with van der Waals surface area (Å²) in [6.07, 6.45) is 1.41. The Morgan fingerprint density at radius 2 is 2.11 bits per heavy atom. The number of nitrogens with one attached hydrogen (secondary N) is 2. The van der Waals surface area contributed by atoms with Crippen LogP contribution in [-0.2, 0) is 11.3 Å². The minimum Gasteiger partial charge on any atom is -0.481 e. The highest BCUT2D eigenvalue weighted by atomic mass is 16.5. The Hall–Kier alpha value is -3.09. The van der Waals surface area contributed by atoms with Gasteiger partial charge in [0.05, 0.1) is 13.7 Å². The average Bonchev–Trinajstić information content (AvgIpc) is 2.99. The molecule has 1 aliphatic rings. The van der Waals surface area contributed by atoms with Crippen LogP contribution < -0.4 is 20.3 Å². The number of anilines is 2. The molecule has 0 radical (unpaired) electrons. The molecule has 7 nitrogen and oxygen atoms in total. The number of ether oxygens (including phenoxy) is 1. The van der Waals surface area contributed by atoms with Gasteiger partial charge in [-0.3, -0.25) is 4.79 Å². The molecule has 0 spiro atoms. The van der Waals surface area contributed by atoms with E-state index in [1.807, 2.05) is 45.0 Å². The maximum Gasteiger partial charge on any atom is 0.319 e. The molecular formula is C21H26N4O3. The first-order valence-electron chi connectivity index (χ1n) is 9.37. The molecule has 2 aromatic rings. The van der Waals surface area contributed by atoms with Crippen molar-refractivity contribution in [1.82, 2.24) is 10.3 Å². The second-order valence-electron chi connectivity index (χ2n) is 7.08. The van der Waals surface area contributed by atoms with Crippen LogP contribution in [0.15, 0.2) is 30.3 Å². The van der Waals surface area contributed by atoms with E-state index in [9.17, 15) is 9.59 Å². The zero-order chi connectivity index (χ0) is 20.3. The molecule has 2 N–H and O–H groups in total. The molecule has 0 bridgehead atoms. The van der Waals surface area contributed by atoms with Crippen LogP contribution in [0.5, 0.6) is 5.88 Å². The second-order valence-corrected chi connectivity index (χ2v) is 7.08. The number of urea groups is 1. The van der Waals surface area contributed by atoms with Crippen LogP contribution in [0, 0.1) is 13.8 Å². The SMILES string of the molecule is COc1nc(C)cc(C)c1CNC(=O)Nc1cccc(N2C(=O)CCC2C)c1. The zero-order valence-electron chi connectivity index (χ0n) is 16.7. The monoisotopic (exact) mass is 382 g/mol. The van der Waals surface area contributed by atoms with E-state index in [1.165, 1.54) is 0 Å². The number of methoxy groups -OCH3 is 1. The number of amides is 3. The molecule has 3 amide bonds. The number of hydrogen-bond acceptors (Lipinski definition) is 4. The van der Waals surface area contributed by atoms with Crippen molar-refractivity contribution in [3.8, 4) is 5.88 Å². The van der Waals surface area contributed by atoms with Crippen molar-refractivity contribution >= 4 is 23.3 Å². The fourth-order valence-electron chi connectivity index (χ4n) is 3.52. The number of aryl methyl sites for hydroxylation is 2. The normalized spacial score (nSPS) is 16.2. The van der Waals surface area contributed by atoms with E-state index in [1.54, 1.807) is 18.1 Å². The Bertz CT molecular complexity index is 897. The number of aromatic nitrogens is 1. The molecule has 1 atom stereocenters. The van der Waals surface area contributed by atoms with Crippen molar-refractivity contribution in [3.05, 3.63) is 47.2 Å². The van der Waals surface area contributed by atoms with Crippen LogP contribution in [0.1, 0.15) is 36.6 Å². The maximum atomic E-state index is 12.4. The lowest BCUT2D eigenvalue weighted by Gasteiger charge is -2.22. The Balaban J connectivity index is 1.66. The highest BCUT2D eigenvalue weighted by molar-refractivity contribution is 5.97. The number of carbonyl (C=O) groups is 2. The lowest BCUT2D eigenvalue weighted by Crippen LogP contribution is -2.31. The van der Waals surface area contributed by atoms with Crippen molar-refractivity contribution in [2.24, 2.45) is 0 Å². The van der Waals surface area contributed by atoms with Gasteiger partial charge in [0, 0.05) is 35.1 Å². The minimum absolute atomic E-state index is 0.114. The van der Waals surface area contributed by atoms with Gasteiger partial charge in [-0.05, 0) is 57.0 Å². The summed E-state index contributed by atoms with van der Waals surface area (Å²) >= 11 is 0. The molecule has 1 fully saturated rings. The summed E-state index contributed by atoms with van der Waals surface area (Å²) < 4.78 is 5.33. The summed E-state index contributed by atoms with van der Waals surface area (Å²) in [7, 11) is 1.57. The van der Waals surface area contributed by atoms with Crippen molar-refractivity contribution in [1.29, 1.82) is 0 Å². The van der Waals surface area contributed by atoms with E-state index in [4.69, 9.17) is 4.74 Å². The van der Waals surface area contributed by atoms with Crippen molar-refractivity contribution < 1.29 is 14.3 Å². The van der Waals surface area contributed by atoms with Crippen LogP contribution >= 0.6 is 0 Å². The Morgan fingerprint density at radius 3 is 2.79 bits per heavy atom. The summed E-state index contributed by atoms with van der Waals surface area (Å²) in [6.45, 7) is 6.20. The molecule has 28 heavy (non-hydrogen) atoms. The van der Waals surface area contributed by atoms with Gasteiger partial charge in [0.15, 0.2) is 0 Å². The molecule has 1 saturated heterocycles. The fourth-order valence-corrected chi connectivity index (χ4v) is 3.52. The molecule has 1 aromatic heterocycles. The largest absolute Gasteiger partial charge is 0.481 e. The number of carbonyl (C=O) groups excluding carboxylic acids is 2. The Kier molecular flexibility index (Phi) is 5.82. The number of benzene rings is 1. The van der Waals surface area contributed by atoms with Gasteiger partial charge in [-0.15, -0.1) is 0 Å². The first kappa shape index (κ1) is 19.7. The molecule has 0 aliphatic carbocycles. The summed E-state index contributed by atoms with van der Waals surface area (Å²) in [4.78, 5) is 30.6. The van der Waals surface area contributed by atoms with Crippen LogP contribution in [0.25, 0.3) is 0 Å². The van der Waals surface area contributed by atoms with E-state index in [0.29, 0.717) is 24.5 Å². The van der Waals surface area contributed by atoms with E-state index >= 15 is 0 Å². The molecule has 2 heterocycles. The van der Waals surface area contributed by atoms with Gasteiger partial charge in [-0.25, -0.2) is 9.78 Å². The third-order valence-electron chi connectivity index (χ3n) is 4.92. The molecule has 1 unspecified atom stereocenters. The van der Waals surface area contributed by atoms with Gasteiger partial charge in [0.25, 0.3) is 0 Å². The van der Waals surface area contributed by atoms with Crippen molar-refractivity contribution in [3.63, 3.8) is 0 Å². The summed E-state index contributed by atoms with van der Waals surface area (Å²) in [5.41, 5.74) is 4.15. The number of hydrogen-bond donors (Lipinski definition) is 2. The molecule has 3 rings (SSSR count). The number of rotatable bonds is 5. The highest BCUT2D eigenvalue weighted by Crippen LogP contribution is 2.28. The smallest absolute Gasteiger partial charge is 0.319 e. The molecule has 0 saturated carbocycles. The first-order chi connectivity index (χ1) is 13.4. The molecule has 1 aliphatic heterocycles. The van der Waals surface area contributed by atoms with Crippen LogP contribution in [0.4, 0.5) is 16.2 Å². The predicted molar refractivity (Wildman–Crippen MR) is 109 cm³/mol. The van der Waals surface area contributed by atoms with E-state index in [-0.39, 0.29) is 18.0 Å². The van der Waals surface area contributed by atoms with Gasteiger partial charge >= 0.3 is 6.03 Å². The molecule has 7 heteroatoms. The summed E-state index contributed by atoms with van der Waals surface area (Å²) in [5, 5.41) is 5.66. The topological polar surface area (TPSA) is 83.6 Å². The summed E-state index contributed by atoms with van der Waals surface area (Å²) in [6, 6.07) is 9.12.